The smallest absolute Gasteiger partial charge is 0.185 e. The quantitative estimate of drug-likeness (QED) is 0.142. The Kier molecular flexibility index (Phi) is 68.6. The standard InChI is InChI=1S/C7H5NS.C6H5N3.4C6H4N2O.5C6H4N2S.C5H4N4.12C2H6/c1-2-4-7-6(3-1)5-8-9-7;1-2-5-4-8-9-6(5)7-3-1;1-2-7-3-5-6(1)9-4-8-5;1-2-7-3-6-5(1)8-4-9-6;1-2-7-4-6-5(1)3-8-9-6;1-2-6-5(7-3-1)4-8-9-6;1-2-7-3-5-6(1)9-4-8-5;1-2-7-3-5-4-8-9-6(1)5;1-2-7-3-6-5(1)8-4-9-6;1-2-7-4-6-5(1)3-8-9-6;1-2-6-5(7-3-1)4-8-9-6;1-4-5(8-2-6-1)9-3-7-4;12*1-2/h1-5H;1-4H,(H,7,8,9);9*1-4H;1-3H,(H,6,7,8,9);12*1-2H3. The third-order valence-electron chi connectivity index (χ3n) is 13.8. The van der Waals surface area contributed by atoms with Crippen LogP contribution in [-0.4, -0.2) is 128 Å². The molecule has 0 amide bonds. The van der Waals surface area contributed by atoms with E-state index >= 15 is 0 Å². The van der Waals surface area contributed by atoms with Crippen molar-refractivity contribution in [2.75, 3.05) is 0 Å². The summed E-state index contributed by atoms with van der Waals surface area (Å²) in [6.45, 7) is 48.0. The molecule has 0 radical (unpaired) electrons. The monoisotopic (exact) mass is 1890 g/mol. The van der Waals surface area contributed by atoms with Crippen molar-refractivity contribution >= 4 is 196 Å². The Morgan fingerprint density at radius 2 is 0.727 bits per heavy atom. The van der Waals surface area contributed by atoms with Crippen molar-refractivity contribution < 1.29 is 17.9 Å². The summed E-state index contributed by atoms with van der Waals surface area (Å²) < 4.78 is 42.7. The van der Waals surface area contributed by atoms with E-state index in [0.717, 1.165) is 96.9 Å². The number of fused-ring (bicyclic) bond motifs is 12. The number of imidazole rings is 1. The van der Waals surface area contributed by atoms with Gasteiger partial charge in [-0.25, -0.2) is 39.9 Å². The van der Waals surface area contributed by atoms with Crippen LogP contribution >= 0.6 is 68.8 Å². The highest BCUT2D eigenvalue weighted by Crippen LogP contribution is 2.20. The number of hydrogen-bond acceptors (Lipinski definition) is 34. The number of aromatic nitrogens is 26. The van der Waals surface area contributed by atoms with E-state index in [1.54, 1.807) is 159 Å². The van der Waals surface area contributed by atoms with Crippen LogP contribution in [0.15, 0.2) is 312 Å². The highest BCUT2D eigenvalue weighted by molar-refractivity contribution is 7.17. The molecule has 0 saturated carbocycles. The summed E-state index contributed by atoms with van der Waals surface area (Å²) in [4.78, 5) is 69.9. The molecule has 132 heavy (non-hydrogen) atoms. The van der Waals surface area contributed by atoms with Gasteiger partial charge in [0.25, 0.3) is 0 Å². The van der Waals surface area contributed by atoms with Crippen LogP contribution < -0.4 is 0 Å². The van der Waals surface area contributed by atoms with Gasteiger partial charge in [0, 0.05) is 126 Å². The predicted octanol–water partition coefficient (Wildman–Crippen LogP) is 29.3. The first-order valence-electron chi connectivity index (χ1n) is 43.5. The molecule has 0 aliphatic heterocycles. The van der Waals surface area contributed by atoms with Gasteiger partial charge in [0.2, 0.25) is 0 Å². The minimum atomic E-state index is 0.713. The second-order valence-corrected chi connectivity index (χ2v) is 25.9. The van der Waals surface area contributed by atoms with Gasteiger partial charge < -0.3 is 22.9 Å². The molecule has 36 heteroatoms. The lowest BCUT2D eigenvalue weighted by Crippen LogP contribution is -1.76. The summed E-state index contributed by atoms with van der Waals surface area (Å²) in [5.74, 6) is 0. The Morgan fingerprint density at radius 3 is 1.36 bits per heavy atom. The van der Waals surface area contributed by atoms with Crippen LogP contribution in [-0.2, 0) is 0 Å². The Bertz CT molecular complexity index is 4860. The van der Waals surface area contributed by atoms with Gasteiger partial charge in [0.05, 0.1) is 119 Å². The van der Waals surface area contributed by atoms with Gasteiger partial charge in [-0.05, 0) is 125 Å². The largest absolute Gasteiger partial charge is 0.443 e. The number of aromatic amines is 2. The second kappa shape index (κ2) is 78.0. The van der Waals surface area contributed by atoms with Crippen LogP contribution in [0.5, 0.6) is 0 Å². The summed E-state index contributed by atoms with van der Waals surface area (Å²) in [7, 11) is 0. The molecule has 0 fully saturated rings. The molecule has 24 rings (SSSR count). The summed E-state index contributed by atoms with van der Waals surface area (Å²) in [5.41, 5.74) is 14.5. The average molecular weight is 1900 g/mol. The van der Waals surface area contributed by atoms with Crippen LogP contribution in [0.2, 0.25) is 0 Å². The molecule has 23 aromatic heterocycles. The average Bonchev–Trinajstić information content (AvgIpc) is 1.95. The number of thiazole rings is 2. The second-order valence-electron chi connectivity index (χ2n) is 20.8. The Balaban J connectivity index is 0.000000705. The Morgan fingerprint density at radius 1 is 0.258 bits per heavy atom. The highest BCUT2D eigenvalue weighted by atomic mass is 32.1. The summed E-state index contributed by atoms with van der Waals surface area (Å²) in [6, 6.07) is 32.9. The number of benzene rings is 1. The van der Waals surface area contributed by atoms with Gasteiger partial charge in [0.15, 0.2) is 46.4 Å². The molecule has 696 valence electrons. The molecule has 0 aliphatic rings. The van der Waals surface area contributed by atoms with Crippen molar-refractivity contribution in [1.82, 2.24) is 128 Å². The number of H-pyrrole nitrogens is 2. The number of oxazole rings is 2. The van der Waals surface area contributed by atoms with E-state index in [1.807, 2.05) is 293 Å². The zero-order valence-electron chi connectivity index (χ0n) is 79.5. The third-order valence-corrected chi connectivity index (χ3v) is 18.5. The van der Waals surface area contributed by atoms with Crippen LogP contribution in [0, 0.1) is 0 Å². The third kappa shape index (κ3) is 42.5. The van der Waals surface area contributed by atoms with E-state index in [9.17, 15) is 0 Å². The van der Waals surface area contributed by atoms with E-state index in [-0.39, 0.29) is 0 Å². The van der Waals surface area contributed by atoms with E-state index in [0.29, 0.717) is 5.65 Å². The molecule has 0 atom stereocenters. The van der Waals surface area contributed by atoms with Gasteiger partial charge in [-0.1, -0.05) is 195 Å². The minimum absolute atomic E-state index is 0.713. The molecule has 0 unspecified atom stereocenters. The fraction of sp³-hybridized carbons (Fsp3) is 0.250. The number of nitrogens with zero attached hydrogens (tertiary/aromatic N) is 24. The molecule has 0 aliphatic carbocycles. The number of nitrogens with one attached hydrogen (secondary N) is 2. The highest BCUT2D eigenvalue weighted by Gasteiger charge is 2.00. The predicted molar refractivity (Wildman–Crippen MR) is 556 cm³/mol. The first-order valence-corrected chi connectivity index (χ1v) is 48.3. The Labute approximate surface area is 796 Å². The molecule has 0 spiro atoms. The van der Waals surface area contributed by atoms with Crippen molar-refractivity contribution in [1.29, 1.82) is 0 Å². The summed E-state index contributed by atoms with van der Waals surface area (Å²) in [5, 5.41) is 19.3. The molecule has 2 N–H and O–H groups in total. The lowest BCUT2D eigenvalue weighted by Gasteiger charge is -1.80. The van der Waals surface area contributed by atoms with Crippen molar-refractivity contribution in [3.63, 3.8) is 0 Å². The topological polar surface area (TPSA) is 393 Å². The van der Waals surface area contributed by atoms with Gasteiger partial charge in [-0.15, -0.1) is 22.7 Å². The van der Waals surface area contributed by atoms with Crippen LogP contribution in [0.1, 0.15) is 166 Å². The van der Waals surface area contributed by atoms with Crippen LogP contribution in [0.4, 0.5) is 0 Å². The van der Waals surface area contributed by atoms with Gasteiger partial charge in [0.1, 0.15) is 33.9 Å². The van der Waals surface area contributed by atoms with Gasteiger partial charge in [-0.2, -0.15) is 22.6 Å². The lowest BCUT2D eigenvalue weighted by atomic mass is 10.3. The molecule has 23 heterocycles. The maximum absolute atomic E-state index is 4.97. The normalized spacial score (nSPS) is 8.91. The maximum atomic E-state index is 4.97. The molecular formula is C96H122N26O4S6. The van der Waals surface area contributed by atoms with E-state index in [1.165, 1.54) is 90.1 Å². The zero-order valence-corrected chi connectivity index (χ0v) is 84.4. The number of pyridine rings is 10. The first kappa shape index (κ1) is 116. The fourth-order valence-corrected chi connectivity index (χ4v) is 12.4. The maximum Gasteiger partial charge on any atom is 0.185 e. The van der Waals surface area contributed by atoms with Gasteiger partial charge >= 0.3 is 0 Å². The zero-order chi connectivity index (χ0) is 97.3. The van der Waals surface area contributed by atoms with E-state index in [2.05, 4.69) is 140 Å². The van der Waals surface area contributed by atoms with Crippen molar-refractivity contribution in [2.45, 2.75) is 166 Å². The fourth-order valence-electron chi connectivity index (χ4n) is 8.68. The summed E-state index contributed by atoms with van der Waals surface area (Å²) in [6.07, 6.45) is 49.5. The van der Waals surface area contributed by atoms with Crippen LogP contribution in [0.3, 0.4) is 0 Å². The van der Waals surface area contributed by atoms with Crippen molar-refractivity contribution in [3.8, 4) is 0 Å². The summed E-state index contributed by atoms with van der Waals surface area (Å²) >= 11 is 9.23. The molecule has 24 aromatic rings. The minimum Gasteiger partial charge on any atom is -0.443 e. The number of rotatable bonds is 0. The van der Waals surface area contributed by atoms with Crippen molar-refractivity contribution in [2.24, 2.45) is 0 Å². The molecule has 1 aromatic carbocycles. The molecule has 30 nitrogen and oxygen atoms in total. The van der Waals surface area contributed by atoms with E-state index in [4.69, 9.17) is 17.9 Å². The van der Waals surface area contributed by atoms with Crippen molar-refractivity contribution in [3.05, 3.63) is 295 Å². The molecule has 0 bridgehead atoms. The SMILES string of the molecule is CC.CC.CC.CC.CC.CC.CC.CC.CC.CC.CC.CC.c1cc2cnoc2cn1.c1cc2cnsc2cn1.c1cc2ncoc2cn1.c1cc2ncsc2cn1.c1cc2ocnc2cn1.c1cc2scnc2cn1.c1cc2sncc2cn1.c1ccc2sncc2c1.c1cnc2[nH]ncc2c1.c1cnc2cnoc2c1.c1cnc2cnsc2c1.c1ncc2[nH]cnc2n1. The lowest BCUT2D eigenvalue weighted by molar-refractivity contribution is 0.455. The van der Waals surface area contributed by atoms with Gasteiger partial charge in [-0.3, -0.25) is 50.0 Å². The Hall–Kier alpha value is -14.0. The number of hydrogen-bond donors (Lipinski definition) is 2. The first-order chi connectivity index (χ1) is 65.6. The molecular weight excluding hydrogens is 1770 g/mol. The van der Waals surface area contributed by atoms with E-state index < -0.39 is 0 Å². The van der Waals surface area contributed by atoms with Crippen LogP contribution in [0.25, 0.3) is 127 Å². The molecule has 0 saturated heterocycles.